The Bertz CT molecular complexity index is 797. The predicted octanol–water partition coefficient (Wildman–Crippen LogP) is 3.99. The van der Waals surface area contributed by atoms with Crippen molar-refractivity contribution >= 4 is 5.91 Å². The second-order valence-electron chi connectivity index (χ2n) is 8.34. The van der Waals surface area contributed by atoms with Gasteiger partial charge in [0.2, 0.25) is 5.91 Å². The van der Waals surface area contributed by atoms with E-state index in [2.05, 4.69) is 9.88 Å². The molecule has 1 amide bonds. The van der Waals surface area contributed by atoms with Crippen LogP contribution in [0.1, 0.15) is 61.7 Å². The number of hydrogen-bond donors (Lipinski definition) is 0. The summed E-state index contributed by atoms with van der Waals surface area (Å²) in [5, 5.41) is 0. The molecule has 2 aliphatic heterocycles. The van der Waals surface area contributed by atoms with Crippen LogP contribution in [-0.2, 0) is 11.2 Å². The molecule has 0 unspecified atom stereocenters. The maximum absolute atomic E-state index is 13.1. The summed E-state index contributed by atoms with van der Waals surface area (Å²) in [7, 11) is 0. The summed E-state index contributed by atoms with van der Waals surface area (Å²) in [6.07, 6.45) is 9.28. The van der Waals surface area contributed by atoms with Crippen molar-refractivity contribution in [3.05, 3.63) is 53.5 Å². The number of hydrogen-bond acceptors (Lipinski definition) is 4. The third-order valence-electron chi connectivity index (χ3n) is 6.04. The zero-order valence-electron chi connectivity index (χ0n) is 17.0. The number of rotatable bonds is 5. The van der Waals surface area contributed by atoms with Crippen LogP contribution in [0.25, 0.3) is 0 Å². The molecule has 2 fully saturated rings. The maximum atomic E-state index is 13.1. The van der Waals surface area contributed by atoms with Gasteiger partial charge in [-0.1, -0.05) is 25.0 Å². The molecule has 2 aromatic rings. The minimum atomic E-state index is -0.237. The highest BCUT2D eigenvalue weighted by Gasteiger charge is 2.28. The fraction of sp³-hybridized carbons (Fsp3) is 0.565. The normalized spacial score (nSPS) is 21.1. The summed E-state index contributed by atoms with van der Waals surface area (Å²) in [6.45, 7) is 4.12. The number of amides is 1. The summed E-state index contributed by atoms with van der Waals surface area (Å²) >= 11 is 0. The number of likely N-dealkylation sites (tertiary alicyclic amines) is 2. The molecule has 0 bridgehead atoms. The number of nitrogens with zero attached hydrogens (tertiary/aromatic N) is 3. The summed E-state index contributed by atoms with van der Waals surface area (Å²) < 4.78 is 19.1. The second kappa shape index (κ2) is 9.53. The predicted molar refractivity (Wildman–Crippen MR) is 109 cm³/mol. The van der Waals surface area contributed by atoms with Gasteiger partial charge < -0.3 is 9.32 Å². The fourth-order valence-electron chi connectivity index (χ4n) is 4.39. The van der Waals surface area contributed by atoms with Gasteiger partial charge in [0.25, 0.3) is 0 Å². The molecule has 2 aliphatic rings. The Labute approximate surface area is 171 Å². The van der Waals surface area contributed by atoms with Crippen molar-refractivity contribution in [3.8, 4) is 0 Å². The lowest BCUT2D eigenvalue weighted by molar-refractivity contribution is -0.133. The molecular formula is C23H30FN3O2. The molecule has 0 spiro atoms. The zero-order valence-corrected chi connectivity index (χ0v) is 17.0. The first-order valence-electron chi connectivity index (χ1n) is 10.9. The SMILES string of the molecule is O=C(CN1CCCCCC1)N1CCC[C@@H](c2ncc(Cc3ccc(F)cc3)o2)C1. The highest BCUT2D eigenvalue weighted by molar-refractivity contribution is 5.78. The van der Waals surface area contributed by atoms with Crippen LogP contribution in [0.15, 0.2) is 34.9 Å². The molecule has 1 aromatic heterocycles. The number of aromatic nitrogens is 1. The minimum Gasteiger partial charge on any atom is -0.445 e. The summed E-state index contributed by atoms with van der Waals surface area (Å²) in [5.74, 6) is 1.64. The highest BCUT2D eigenvalue weighted by atomic mass is 19.1. The molecule has 6 heteroatoms. The van der Waals surface area contributed by atoms with Crippen LogP contribution < -0.4 is 0 Å². The Balaban J connectivity index is 1.33. The van der Waals surface area contributed by atoms with Crippen LogP contribution in [0.2, 0.25) is 0 Å². The molecule has 0 saturated carbocycles. The van der Waals surface area contributed by atoms with E-state index in [0.717, 1.165) is 49.7 Å². The van der Waals surface area contributed by atoms with E-state index in [4.69, 9.17) is 4.42 Å². The minimum absolute atomic E-state index is 0.152. The van der Waals surface area contributed by atoms with Gasteiger partial charge in [0.1, 0.15) is 11.6 Å². The third-order valence-corrected chi connectivity index (χ3v) is 6.04. The molecule has 0 N–H and O–H groups in total. The second-order valence-corrected chi connectivity index (χ2v) is 8.34. The summed E-state index contributed by atoms with van der Waals surface area (Å²) in [6, 6.07) is 6.45. The van der Waals surface area contributed by atoms with E-state index in [0.29, 0.717) is 19.5 Å². The molecule has 2 saturated heterocycles. The van der Waals surface area contributed by atoms with Gasteiger partial charge >= 0.3 is 0 Å². The summed E-state index contributed by atoms with van der Waals surface area (Å²) in [5.41, 5.74) is 0.993. The van der Waals surface area contributed by atoms with Crippen LogP contribution >= 0.6 is 0 Å². The van der Waals surface area contributed by atoms with Crippen LogP contribution in [-0.4, -0.2) is 53.4 Å². The molecule has 29 heavy (non-hydrogen) atoms. The van der Waals surface area contributed by atoms with Gasteiger partial charge in [-0.2, -0.15) is 0 Å². The molecular weight excluding hydrogens is 369 g/mol. The van der Waals surface area contributed by atoms with Gasteiger partial charge in [-0.15, -0.1) is 0 Å². The maximum Gasteiger partial charge on any atom is 0.236 e. The molecule has 1 atom stereocenters. The van der Waals surface area contributed by atoms with Crippen LogP contribution in [0, 0.1) is 5.82 Å². The number of carbonyl (C=O) groups is 1. The number of halogens is 1. The van der Waals surface area contributed by atoms with Crippen molar-refractivity contribution in [2.75, 3.05) is 32.7 Å². The molecule has 1 aromatic carbocycles. The van der Waals surface area contributed by atoms with E-state index in [-0.39, 0.29) is 17.6 Å². The topological polar surface area (TPSA) is 49.6 Å². The van der Waals surface area contributed by atoms with E-state index in [1.165, 1.54) is 37.8 Å². The number of oxazole rings is 1. The van der Waals surface area contributed by atoms with Gasteiger partial charge in [0.05, 0.1) is 18.7 Å². The van der Waals surface area contributed by atoms with E-state index < -0.39 is 0 Å². The van der Waals surface area contributed by atoms with Crippen molar-refractivity contribution in [1.82, 2.24) is 14.8 Å². The van der Waals surface area contributed by atoms with E-state index in [9.17, 15) is 9.18 Å². The smallest absolute Gasteiger partial charge is 0.236 e. The lowest BCUT2D eigenvalue weighted by Gasteiger charge is -2.33. The van der Waals surface area contributed by atoms with Crippen molar-refractivity contribution in [2.24, 2.45) is 0 Å². The Morgan fingerprint density at radius 1 is 1.07 bits per heavy atom. The van der Waals surface area contributed by atoms with Gasteiger partial charge in [-0.3, -0.25) is 9.69 Å². The van der Waals surface area contributed by atoms with Crippen molar-refractivity contribution in [2.45, 2.75) is 50.9 Å². The molecule has 4 rings (SSSR count). The lowest BCUT2D eigenvalue weighted by Crippen LogP contribution is -2.44. The first kappa shape index (κ1) is 20.1. The van der Waals surface area contributed by atoms with Gasteiger partial charge in [0, 0.05) is 19.5 Å². The third kappa shape index (κ3) is 5.44. The van der Waals surface area contributed by atoms with Crippen molar-refractivity contribution in [3.63, 3.8) is 0 Å². The molecule has 0 radical (unpaired) electrons. The highest BCUT2D eigenvalue weighted by Crippen LogP contribution is 2.27. The lowest BCUT2D eigenvalue weighted by atomic mass is 9.98. The zero-order chi connectivity index (χ0) is 20.1. The largest absolute Gasteiger partial charge is 0.445 e. The van der Waals surface area contributed by atoms with E-state index in [1.807, 2.05) is 4.90 Å². The summed E-state index contributed by atoms with van der Waals surface area (Å²) in [4.78, 5) is 21.6. The molecule has 156 valence electrons. The average molecular weight is 400 g/mol. The average Bonchev–Trinajstić information content (AvgIpc) is 3.05. The van der Waals surface area contributed by atoms with Crippen molar-refractivity contribution in [1.29, 1.82) is 0 Å². The number of piperidine rings is 1. The quantitative estimate of drug-likeness (QED) is 0.763. The van der Waals surface area contributed by atoms with Gasteiger partial charge in [-0.05, 0) is 56.5 Å². The van der Waals surface area contributed by atoms with Crippen LogP contribution in [0.4, 0.5) is 4.39 Å². The molecule has 0 aliphatic carbocycles. The number of benzene rings is 1. The first-order valence-corrected chi connectivity index (χ1v) is 10.9. The molecule has 5 nitrogen and oxygen atoms in total. The van der Waals surface area contributed by atoms with E-state index >= 15 is 0 Å². The van der Waals surface area contributed by atoms with Gasteiger partial charge in [-0.25, -0.2) is 9.37 Å². The molecule has 3 heterocycles. The Kier molecular flexibility index (Phi) is 6.60. The fourth-order valence-corrected chi connectivity index (χ4v) is 4.39. The standard InChI is InChI=1S/C23H30FN3O2/c24-20-9-7-18(8-10-20)14-21-15-25-23(29-21)19-6-5-13-27(16-19)22(28)17-26-11-3-1-2-4-12-26/h7-10,15,19H,1-6,11-14,16-17H2/t19-/m1/s1. The first-order chi connectivity index (χ1) is 14.2. The monoisotopic (exact) mass is 399 g/mol. The number of carbonyl (C=O) groups excluding carboxylic acids is 1. The Hall–Kier alpha value is -2.21. The van der Waals surface area contributed by atoms with E-state index in [1.54, 1.807) is 18.3 Å². The van der Waals surface area contributed by atoms with Crippen molar-refractivity contribution < 1.29 is 13.6 Å². The van der Waals surface area contributed by atoms with Crippen LogP contribution in [0.5, 0.6) is 0 Å². The van der Waals surface area contributed by atoms with Gasteiger partial charge in [0.15, 0.2) is 5.89 Å². The Morgan fingerprint density at radius 2 is 1.83 bits per heavy atom. The Morgan fingerprint density at radius 3 is 2.59 bits per heavy atom. The van der Waals surface area contributed by atoms with Crippen LogP contribution in [0.3, 0.4) is 0 Å².